The number of carbonyl (C=O) groups is 1. The van der Waals surface area contributed by atoms with Gasteiger partial charge in [0.15, 0.2) is 11.6 Å². The molecule has 0 spiro atoms. The van der Waals surface area contributed by atoms with Gasteiger partial charge in [0.25, 0.3) is 0 Å². The fourth-order valence-electron chi connectivity index (χ4n) is 2.14. The van der Waals surface area contributed by atoms with Crippen LogP contribution in [0.5, 0.6) is 5.75 Å². The van der Waals surface area contributed by atoms with Crippen molar-refractivity contribution in [2.75, 3.05) is 46.5 Å². The second-order valence-electron chi connectivity index (χ2n) is 5.27. The van der Waals surface area contributed by atoms with E-state index in [0.29, 0.717) is 25.5 Å². The maximum absolute atomic E-state index is 14.3. The minimum absolute atomic E-state index is 0.0319. The van der Waals surface area contributed by atoms with Gasteiger partial charge in [-0.25, -0.2) is 9.18 Å². The minimum atomic E-state index is -0.577. The van der Waals surface area contributed by atoms with Crippen LogP contribution in [0.2, 0.25) is 0 Å². The van der Waals surface area contributed by atoms with E-state index >= 15 is 0 Å². The number of hydrogen-bond acceptors (Lipinski definition) is 6. The second kappa shape index (κ2) is 10.8. The molecule has 0 saturated carbocycles. The maximum Gasteiger partial charge on any atom is 0.340 e. The molecule has 0 unspecified atom stereocenters. The molecule has 0 aromatic heterocycles. The van der Waals surface area contributed by atoms with E-state index in [-0.39, 0.29) is 17.4 Å². The summed E-state index contributed by atoms with van der Waals surface area (Å²) in [5, 5.41) is 3.05. The number of unbranched alkanes of at least 4 members (excludes halogenated alkanes) is 1. The van der Waals surface area contributed by atoms with E-state index in [0.717, 1.165) is 12.8 Å². The molecule has 1 aromatic rings. The van der Waals surface area contributed by atoms with Crippen LogP contribution in [0.25, 0.3) is 0 Å². The highest BCUT2D eigenvalue weighted by molar-refractivity contribution is 5.96. The molecule has 0 fully saturated rings. The summed E-state index contributed by atoms with van der Waals surface area (Å²) < 4.78 is 34.6. The number of rotatable bonds is 11. The van der Waals surface area contributed by atoms with Gasteiger partial charge in [0.1, 0.15) is 0 Å². The molecule has 1 aromatic carbocycles. The monoisotopic (exact) mass is 343 g/mol. The lowest BCUT2D eigenvalue weighted by Gasteiger charge is -2.20. The Hall–Kier alpha value is -1.86. The fourth-order valence-corrected chi connectivity index (χ4v) is 2.14. The SMILES string of the molecule is CCCCOc1cc(C(=O)OC)c(NC(COC)COC)cc1F. The van der Waals surface area contributed by atoms with Gasteiger partial charge < -0.3 is 24.3 Å². The van der Waals surface area contributed by atoms with Crippen molar-refractivity contribution in [1.29, 1.82) is 0 Å². The highest BCUT2D eigenvalue weighted by Gasteiger charge is 2.20. The Kier molecular flexibility index (Phi) is 9.11. The number of methoxy groups -OCH3 is 3. The van der Waals surface area contributed by atoms with E-state index < -0.39 is 11.8 Å². The summed E-state index contributed by atoms with van der Waals surface area (Å²) in [6.45, 7) is 3.07. The zero-order valence-corrected chi connectivity index (χ0v) is 14.7. The van der Waals surface area contributed by atoms with E-state index in [2.05, 4.69) is 5.32 Å². The third-order valence-electron chi connectivity index (χ3n) is 3.33. The summed E-state index contributed by atoms with van der Waals surface area (Å²) in [6.07, 6.45) is 1.73. The largest absolute Gasteiger partial charge is 0.490 e. The van der Waals surface area contributed by atoms with Crippen molar-refractivity contribution in [3.05, 3.63) is 23.5 Å². The van der Waals surface area contributed by atoms with E-state index in [9.17, 15) is 9.18 Å². The summed E-state index contributed by atoms with van der Waals surface area (Å²) in [7, 11) is 4.38. The zero-order valence-electron chi connectivity index (χ0n) is 14.7. The average molecular weight is 343 g/mol. The van der Waals surface area contributed by atoms with E-state index in [4.69, 9.17) is 18.9 Å². The lowest BCUT2D eigenvalue weighted by Crippen LogP contribution is -2.30. The van der Waals surface area contributed by atoms with Crippen LogP contribution in [0.4, 0.5) is 10.1 Å². The highest BCUT2D eigenvalue weighted by Crippen LogP contribution is 2.27. The number of benzene rings is 1. The molecular formula is C17H26FNO5. The molecule has 0 saturated heterocycles. The topological polar surface area (TPSA) is 66.0 Å². The molecule has 0 amide bonds. The Morgan fingerprint density at radius 2 is 1.88 bits per heavy atom. The predicted molar refractivity (Wildman–Crippen MR) is 89.3 cm³/mol. The Labute approximate surface area is 142 Å². The third kappa shape index (κ3) is 5.98. The molecular weight excluding hydrogens is 317 g/mol. The molecule has 0 aliphatic heterocycles. The summed E-state index contributed by atoms with van der Waals surface area (Å²) >= 11 is 0. The van der Waals surface area contributed by atoms with Gasteiger partial charge in [-0.2, -0.15) is 0 Å². The first-order valence-corrected chi connectivity index (χ1v) is 7.86. The van der Waals surface area contributed by atoms with Crippen LogP contribution in [-0.2, 0) is 14.2 Å². The molecule has 0 heterocycles. The van der Waals surface area contributed by atoms with Gasteiger partial charge in [-0.15, -0.1) is 0 Å². The van der Waals surface area contributed by atoms with Crippen molar-refractivity contribution in [1.82, 2.24) is 0 Å². The summed E-state index contributed by atoms with van der Waals surface area (Å²) in [5.41, 5.74) is 0.504. The molecule has 0 aliphatic carbocycles. The van der Waals surface area contributed by atoms with E-state index in [1.165, 1.54) is 19.2 Å². The minimum Gasteiger partial charge on any atom is -0.490 e. The molecule has 7 heteroatoms. The molecule has 0 bridgehead atoms. The van der Waals surface area contributed by atoms with Crippen molar-refractivity contribution in [3.8, 4) is 5.75 Å². The predicted octanol–water partition coefficient (Wildman–Crippen LogP) is 2.86. The van der Waals surface area contributed by atoms with Gasteiger partial charge in [-0.3, -0.25) is 0 Å². The quantitative estimate of drug-likeness (QED) is 0.492. The Morgan fingerprint density at radius 3 is 2.42 bits per heavy atom. The van der Waals surface area contributed by atoms with Crippen molar-refractivity contribution < 1.29 is 28.1 Å². The van der Waals surface area contributed by atoms with Crippen LogP contribution in [0.15, 0.2) is 12.1 Å². The third-order valence-corrected chi connectivity index (χ3v) is 3.33. The van der Waals surface area contributed by atoms with Crippen LogP contribution in [0.1, 0.15) is 30.1 Å². The fraction of sp³-hybridized carbons (Fsp3) is 0.588. The number of ether oxygens (including phenoxy) is 4. The van der Waals surface area contributed by atoms with Crippen molar-refractivity contribution in [3.63, 3.8) is 0 Å². The number of hydrogen-bond donors (Lipinski definition) is 1. The van der Waals surface area contributed by atoms with Crippen LogP contribution >= 0.6 is 0 Å². The van der Waals surface area contributed by atoms with Gasteiger partial charge in [-0.1, -0.05) is 13.3 Å². The van der Waals surface area contributed by atoms with Gasteiger partial charge in [0, 0.05) is 20.3 Å². The molecule has 0 radical (unpaired) electrons. The van der Waals surface area contributed by atoms with Gasteiger partial charge in [-0.05, 0) is 12.5 Å². The Bertz CT molecular complexity index is 518. The summed E-state index contributed by atoms with van der Waals surface area (Å²) in [5.74, 6) is -1.09. The lowest BCUT2D eigenvalue weighted by atomic mass is 10.1. The van der Waals surface area contributed by atoms with Crippen molar-refractivity contribution >= 4 is 11.7 Å². The van der Waals surface area contributed by atoms with Crippen molar-refractivity contribution in [2.24, 2.45) is 0 Å². The van der Waals surface area contributed by atoms with Gasteiger partial charge in [0.2, 0.25) is 0 Å². The Balaban J connectivity index is 3.08. The summed E-state index contributed by atoms with van der Waals surface area (Å²) in [6, 6.07) is 2.34. The normalized spacial score (nSPS) is 10.8. The van der Waals surface area contributed by atoms with E-state index in [1.54, 1.807) is 14.2 Å². The molecule has 1 rings (SSSR count). The second-order valence-corrected chi connectivity index (χ2v) is 5.27. The van der Waals surface area contributed by atoms with Crippen LogP contribution in [-0.4, -0.2) is 53.2 Å². The average Bonchev–Trinajstić information content (AvgIpc) is 2.56. The first-order chi connectivity index (χ1) is 11.6. The standard InChI is InChI=1S/C17H26FNO5/c1-5-6-7-24-16-8-13(17(20)23-4)15(9-14(16)18)19-12(10-21-2)11-22-3/h8-9,12,19H,5-7,10-11H2,1-4H3. The van der Waals surface area contributed by atoms with Crippen molar-refractivity contribution in [2.45, 2.75) is 25.8 Å². The number of esters is 1. The number of nitrogens with one attached hydrogen (secondary N) is 1. The number of halogens is 1. The molecule has 1 N–H and O–H groups in total. The number of anilines is 1. The molecule has 0 aliphatic rings. The molecule has 136 valence electrons. The Morgan fingerprint density at radius 1 is 1.21 bits per heavy atom. The first-order valence-electron chi connectivity index (χ1n) is 7.86. The first kappa shape index (κ1) is 20.2. The lowest BCUT2D eigenvalue weighted by molar-refractivity contribution is 0.0600. The number of carbonyl (C=O) groups excluding carboxylic acids is 1. The zero-order chi connectivity index (χ0) is 17.9. The summed E-state index contributed by atoms with van der Waals surface area (Å²) in [4.78, 5) is 12.0. The maximum atomic E-state index is 14.3. The van der Waals surface area contributed by atoms with Gasteiger partial charge >= 0.3 is 5.97 Å². The van der Waals surface area contributed by atoms with Gasteiger partial charge in [0.05, 0.1) is 44.2 Å². The van der Waals surface area contributed by atoms with E-state index in [1.807, 2.05) is 6.92 Å². The van der Waals surface area contributed by atoms with Crippen LogP contribution in [0, 0.1) is 5.82 Å². The highest BCUT2D eigenvalue weighted by atomic mass is 19.1. The van der Waals surface area contributed by atoms with Crippen LogP contribution < -0.4 is 10.1 Å². The molecule has 0 atom stereocenters. The molecule has 24 heavy (non-hydrogen) atoms. The molecule has 6 nitrogen and oxygen atoms in total. The smallest absolute Gasteiger partial charge is 0.340 e. The van der Waals surface area contributed by atoms with Crippen LogP contribution in [0.3, 0.4) is 0 Å².